The molecule has 1 heterocycles. The summed E-state index contributed by atoms with van der Waals surface area (Å²) in [5.74, 6) is -0.332. The minimum absolute atomic E-state index is 0.268. The molecule has 1 atom stereocenters. The van der Waals surface area contributed by atoms with Gasteiger partial charge in [0.1, 0.15) is 5.82 Å². The number of benzene rings is 1. The Balaban J connectivity index is 2.14. The summed E-state index contributed by atoms with van der Waals surface area (Å²) in [6.07, 6.45) is 2.71. The first-order chi connectivity index (χ1) is 11.0. The van der Waals surface area contributed by atoms with Gasteiger partial charge in [-0.2, -0.15) is 0 Å². The van der Waals surface area contributed by atoms with E-state index in [0.717, 1.165) is 24.3 Å². The minimum Gasteiger partial charge on any atom is -0.393 e. The zero-order valence-electron chi connectivity index (χ0n) is 13.4. The summed E-state index contributed by atoms with van der Waals surface area (Å²) in [7, 11) is 0. The quantitative estimate of drug-likeness (QED) is 0.729. The van der Waals surface area contributed by atoms with Gasteiger partial charge in [-0.15, -0.1) is 6.58 Å². The number of aliphatic hydroxyl groups is 1. The van der Waals surface area contributed by atoms with Gasteiger partial charge in [0.15, 0.2) is 0 Å². The fourth-order valence-corrected chi connectivity index (χ4v) is 2.76. The molecule has 0 saturated carbocycles. The smallest absolute Gasteiger partial charge is 0.315 e. The number of aliphatic hydroxyl groups excluding tert-OH is 1. The number of carbonyl (C=O) groups is 1. The SMILES string of the molecule is C=CCNC(=O)N[C@H](C)c1cc(F)ccc1N1CCC(O)CC1. The van der Waals surface area contributed by atoms with Crippen molar-refractivity contribution in [2.75, 3.05) is 24.5 Å². The van der Waals surface area contributed by atoms with Crippen LogP contribution >= 0.6 is 0 Å². The molecule has 0 radical (unpaired) electrons. The van der Waals surface area contributed by atoms with Gasteiger partial charge in [0.05, 0.1) is 12.1 Å². The number of hydrogen-bond acceptors (Lipinski definition) is 3. The molecule has 0 bridgehead atoms. The molecular formula is C17H24FN3O2. The van der Waals surface area contributed by atoms with Crippen molar-refractivity contribution in [3.63, 3.8) is 0 Å². The Labute approximate surface area is 136 Å². The van der Waals surface area contributed by atoms with E-state index in [0.29, 0.717) is 19.4 Å². The predicted octanol–water partition coefficient (Wildman–Crippen LogP) is 2.33. The van der Waals surface area contributed by atoms with E-state index in [9.17, 15) is 14.3 Å². The van der Waals surface area contributed by atoms with Crippen LogP contribution in [-0.2, 0) is 0 Å². The van der Waals surface area contributed by atoms with Crippen LogP contribution in [0, 0.1) is 5.82 Å². The van der Waals surface area contributed by atoms with Gasteiger partial charge in [0.2, 0.25) is 0 Å². The second kappa shape index (κ2) is 7.97. The first-order valence-corrected chi connectivity index (χ1v) is 7.89. The largest absolute Gasteiger partial charge is 0.393 e. The molecular weight excluding hydrogens is 297 g/mol. The molecule has 1 saturated heterocycles. The third kappa shape index (κ3) is 4.69. The van der Waals surface area contributed by atoms with E-state index in [1.165, 1.54) is 12.1 Å². The highest BCUT2D eigenvalue weighted by atomic mass is 19.1. The topological polar surface area (TPSA) is 64.6 Å². The molecule has 1 aromatic rings. The van der Waals surface area contributed by atoms with Gasteiger partial charge in [-0.25, -0.2) is 9.18 Å². The van der Waals surface area contributed by atoms with Gasteiger partial charge >= 0.3 is 6.03 Å². The number of nitrogens with one attached hydrogen (secondary N) is 2. The lowest BCUT2D eigenvalue weighted by molar-refractivity contribution is 0.145. The Hall–Kier alpha value is -2.08. The molecule has 1 fully saturated rings. The fourth-order valence-electron chi connectivity index (χ4n) is 2.76. The molecule has 2 amide bonds. The van der Waals surface area contributed by atoms with Crippen molar-refractivity contribution >= 4 is 11.7 Å². The average Bonchev–Trinajstić information content (AvgIpc) is 2.53. The van der Waals surface area contributed by atoms with Gasteiger partial charge in [-0.1, -0.05) is 6.08 Å². The third-order valence-electron chi connectivity index (χ3n) is 4.02. The van der Waals surface area contributed by atoms with Crippen LogP contribution in [0.15, 0.2) is 30.9 Å². The van der Waals surface area contributed by atoms with Crippen molar-refractivity contribution in [2.24, 2.45) is 0 Å². The van der Waals surface area contributed by atoms with E-state index in [1.54, 1.807) is 12.1 Å². The second-order valence-electron chi connectivity index (χ2n) is 5.79. The highest BCUT2D eigenvalue weighted by Crippen LogP contribution is 2.29. The lowest BCUT2D eigenvalue weighted by atomic mass is 10.0. The van der Waals surface area contributed by atoms with Crippen LogP contribution in [0.1, 0.15) is 31.4 Å². The maximum Gasteiger partial charge on any atom is 0.315 e. The Kier molecular flexibility index (Phi) is 5.98. The molecule has 2 rings (SSSR count). The van der Waals surface area contributed by atoms with E-state index >= 15 is 0 Å². The number of halogens is 1. The number of rotatable bonds is 5. The molecule has 0 unspecified atom stereocenters. The van der Waals surface area contributed by atoms with Crippen molar-refractivity contribution < 1.29 is 14.3 Å². The molecule has 23 heavy (non-hydrogen) atoms. The maximum atomic E-state index is 13.7. The van der Waals surface area contributed by atoms with E-state index in [4.69, 9.17) is 0 Å². The van der Waals surface area contributed by atoms with E-state index in [2.05, 4.69) is 22.1 Å². The van der Waals surface area contributed by atoms with Gasteiger partial charge < -0.3 is 20.6 Å². The monoisotopic (exact) mass is 321 g/mol. The minimum atomic E-state index is -0.336. The van der Waals surface area contributed by atoms with Crippen LogP contribution in [0.3, 0.4) is 0 Å². The lowest BCUT2D eigenvalue weighted by Crippen LogP contribution is -2.39. The summed E-state index contributed by atoms with van der Waals surface area (Å²) in [4.78, 5) is 13.9. The molecule has 3 N–H and O–H groups in total. The van der Waals surface area contributed by atoms with Crippen LogP contribution in [0.5, 0.6) is 0 Å². The normalized spacial score (nSPS) is 16.7. The van der Waals surface area contributed by atoms with Crippen molar-refractivity contribution in [1.29, 1.82) is 0 Å². The van der Waals surface area contributed by atoms with Gasteiger partial charge in [-0.3, -0.25) is 0 Å². The van der Waals surface area contributed by atoms with Crippen molar-refractivity contribution in [2.45, 2.75) is 31.9 Å². The number of nitrogens with zero attached hydrogens (tertiary/aromatic N) is 1. The highest BCUT2D eigenvalue weighted by Gasteiger charge is 2.22. The summed E-state index contributed by atoms with van der Waals surface area (Å²) >= 11 is 0. The van der Waals surface area contributed by atoms with Gasteiger partial charge in [0, 0.05) is 30.9 Å². The summed E-state index contributed by atoms with van der Waals surface area (Å²) < 4.78 is 13.7. The fraction of sp³-hybridized carbons (Fsp3) is 0.471. The van der Waals surface area contributed by atoms with Crippen molar-refractivity contribution in [3.8, 4) is 0 Å². The first-order valence-electron chi connectivity index (χ1n) is 7.89. The summed E-state index contributed by atoms with van der Waals surface area (Å²) in [6.45, 7) is 7.18. The Morgan fingerprint density at radius 2 is 2.22 bits per heavy atom. The standard InChI is InChI=1S/C17H24FN3O2/c1-3-8-19-17(23)20-12(2)15-11-13(18)4-5-16(15)21-9-6-14(22)7-10-21/h3-5,11-12,14,22H,1,6-10H2,2H3,(H2,19,20,23)/t12-/m1/s1. The molecule has 5 nitrogen and oxygen atoms in total. The molecule has 0 aliphatic carbocycles. The Morgan fingerprint density at radius 1 is 1.52 bits per heavy atom. The molecule has 1 aliphatic rings. The Bertz CT molecular complexity index is 557. The van der Waals surface area contributed by atoms with E-state index < -0.39 is 0 Å². The van der Waals surface area contributed by atoms with Crippen LogP contribution in [0.25, 0.3) is 0 Å². The number of urea groups is 1. The second-order valence-corrected chi connectivity index (χ2v) is 5.79. The average molecular weight is 321 g/mol. The molecule has 6 heteroatoms. The third-order valence-corrected chi connectivity index (χ3v) is 4.02. The van der Waals surface area contributed by atoms with Crippen LogP contribution in [-0.4, -0.2) is 36.9 Å². The predicted molar refractivity (Wildman–Crippen MR) is 89.0 cm³/mol. The molecule has 126 valence electrons. The first kappa shape index (κ1) is 17.3. The van der Waals surface area contributed by atoms with Crippen molar-refractivity contribution in [3.05, 3.63) is 42.2 Å². The zero-order chi connectivity index (χ0) is 16.8. The lowest BCUT2D eigenvalue weighted by Gasteiger charge is -2.34. The van der Waals surface area contributed by atoms with Crippen LogP contribution in [0.2, 0.25) is 0 Å². The molecule has 1 aliphatic heterocycles. The maximum absolute atomic E-state index is 13.7. The van der Waals surface area contributed by atoms with E-state index in [1.807, 2.05) is 6.92 Å². The number of piperidine rings is 1. The number of anilines is 1. The van der Waals surface area contributed by atoms with Crippen LogP contribution < -0.4 is 15.5 Å². The summed E-state index contributed by atoms with van der Waals surface area (Å²) in [5, 5.41) is 15.1. The zero-order valence-corrected chi connectivity index (χ0v) is 13.4. The summed E-state index contributed by atoms with van der Waals surface area (Å²) in [6, 6.07) is 3.97. The molecule has 0 spiro atoms. The van der Waals surface area contributed by atoms with E-state index in [-0.39, 0.29) is 24.0 Å². The Morgan fingerprint density at radius 3 is 2.87 bits per heavy atom. The number of amides is 2. The van der Waals surface area contributed by atoms with Crippen molar-refractivity contribution in [1.82, 2.24) is 10.6 Å². The van der Waals surface area contributed by atoms with Gasteiger partial charge in [-0.05, 0) is 38.0 Å². The number of hydrogen-bond donors (Lipinski definition) is 3. The van der Waals surface area contributed by atoms with Crippen LogP contribution in [0.4, 0.5) is 14.9 Å². The van der Waals surface area contributed by atoms with Gasteiger partial charge in [0.25, 0.3) is 0 Å². The number of carbonyl (C=O) groups excluding carboxylic acids is 1. The highest BCUT2D eigenvalue weighted by molar-refractivity contribution is 5.75. The summed E-state index contributed by atoms with van der Waals surface area (Å²) in [5.41, 5.74) is 1.63. The molecule has 1 aromatic carbocycles. The molecule has 0 aromatic heterocycles.